The van der Waals surface area contributed by atoms with Crippen molar-refractivity contribution in [1.82, 2.24) is 29.8 Å². The van der Waals surface area contributed by atoms with Gasteiger partial charge in [0.15, 0.2) is 5.65 Å². The van der Waals surface area contributed by atoms with E-state index in [0.717, 1.165) is 22.4 Å². The lowest BCUT2D eigenvalue weighted by Crippen LogP contribution is -2.02. The lowest BCUT2D eigenvalue weighted by molar-refractivity contribution is 0.269. The second-order valence-corrected chi connectivity index (χ2v) is 7.42. The first-order chi connectivity index (χ1) is 13.3. The van der Waals surface area contributed by atoms with Crippen LogP contribution in [0.5, 0.6) is 0 Å². The van der Waals surface area contributed by atoms with Gasteiger partial charge in [-0.15, -0.1) is 16.4 Å². The van der Waals surface area contributed by atoms with Crippen molar-refractivity contribution in [3.63, 3.8) is 0 Å². The number of hydrogen-bond donors (Lipinski definition) is 1. The Hall–Kier alpha value is -3.10. The van der Waals surface area contributed by atoms with Crippen LogP contribution < -0.4 is 0 Å². The van der Waals surface area contributed by atoms with E-state index in [1.807, 2.05) is 23.0 Å². The highest BCUT2D eigenvalue weighted by molar-refractivity contribution is 7.19. The number of aliphatic hydroxyl groups is 1. The van der Waals surface area contributed by atoms with Gasteiger partial charge >= 0.3 is 0 Å². The molecule has 0 aliphatic carbocycles. The zero-order valence-corrected chi connectivity index (χ0v) is 15.2. The molecule has 0 unspecified atom stereocenters. The van der Waals surface area contributed by atoms with Crippen molar-refractivity contribution in [2.75, 3.05) is 6.61 Å². The summed E-state index contributed by atoms with van der Waals surface area (Å²) in [6, 6.07) is 14.4. The fourth-order valence-corrected chi connectivity index (χ4v) is 4.15. The second-order valence-electron chi connectivity index (χ2n) is 6.25. The smallest absolute Gasteiger partial charge is 0.179 e. The van der Waals surface area contributed by atoms with Gasteiger partial charge in [-0.3, -0.25) is 4.68 Å². The number of benzene rings is 1. The summed E-state index contributed by atoms with van der Waals surface area (Å²) in [4.78, 5) is 5.97. The number of hydrogen-bond acceptors (Lipinski definition) is 6. The quantitative estimate of drug-likeness (QED) is 0.510. The molecule has 0 aliphatic heterocycles. The Kier molecular flexibility index (Phi) is 3.92. The number of fused-ring (bicyclic) bond motifs is 2. The van der Waals surface area contributed by atoms with Crippen molar-refractivity contribution in [2.24, 2.45) is 0 Å². The summed E-state index contributed by atoms with van der Waals surface area (Å²) >= 11 is 1.76. The molecule has 0 aliphatic rings. The zero-order valence-electron chi connectivity index (χ0n) is 14.4. The van der Waals surface area contributed by atoms with Crippen molar-refractivity contribution in [3.05, 3.63) is 59.7 Å². The van der Waals surface area contributed by atoms with Crippen molar-refractivity contribution < 1.29 is 5.11 Å². The van der Waals surface area contributed by atoms with Crippen LogP contribution in [0.4, 0.5) is 0 Å². The van der Waals surface area contributed by atoms with Crippen LogP contribution >= 0.6 is 11.3 Å². The third-order valence-electron chi connectivity index (χ3n) is 4.40. The SMILES string of the molecule is OCCn1cc(-c2ccc3nnn(Cc4cc5ccccc5s4)c3n2)cn1. The standard InChI is InChI=1S/C19H16N6OS/c26-8-7-24-11-14(10-20-24)16-5-6-17-19(21-16)25(23-22-17)12-15-9-13-3-1-2-4-18(13)27-15/h1-6,9-11,26H,7-8,12H2. The third-order valence-corrected chi connectivity index (χ3v) is 5.50. The lowest BCUT2D eigenvalue weighted by Gasteiger charge is -2.01. The average Bonchev–Trinajstić information content (AvgIpc) is 3.40. The number of rotatable bonds is 5. The summed E-state index contributed by atoms with van der Waals surface area (Å²) in [7, 11) is 0. The normalized spacial score (nSPS) is 11.6. The first-order valence-corrected chi connectivity index (χ1v) is 9.43. The van der Waals surface area contributed by atoms with E-state index in [0.29, 0.717) is 13.1 Å². The van der Waals surface area contributed by atoms with Crippen LogP contribution in [0.15, 0.2) is 54.9 Å². The summed E-state index contributed by atoms with van der Waals surface area (Å²) in [5.41, 5.74) is 3.23. The van der Waals surface area contributed by atoms with Gasteiger partial charge in [-0.2, -0.15) is 5.10 Å². The van der Waals surface area contributed by atoms with E-state index in [2.05, 4.69) is 45.7 Å². The summed E-state index contributed by atoms with van der Waals surface area (Å²) in [6.45, 7) is 1.16. The molecule has 1 aromatic carbocycles. The largest absolute Gasteiger partial charge is 0.394 e. The first-order valence-electron chi connectivity index (χ1n) is 8.61. The molecule has 0 saturated heterocycles. The van der Waals surface area contributed by atoms with Gasteiger partial charge in [-0.05, 0) is 29.7 Å². The van der Waals surface area contributed by atoms with Crippen molar-refractivity contribution in [3.8, 4) is 11.3 Å². The highest BCUT2D eigenvalue weighted by atomic mass is 32.1. The Morgan fingerprint density at radius 3 is 2.93 bits per heavy atom. The minimum absolute atomic E-state index is 0.0550. The Bertz CT molecular complexity index is 1200. The van der Waals surface area contributed by atoms with E-state index >= 15 is 0 Å². The Morgan fingerprint density at radius 1 is 1.11 bits per heavy atom. The monoisotopic (exact) mass is 376 g/mol. The van der Waals surface area contributed by atoms with Gasteiger partial charge in [-0.1, -0.05) is 23.4 Å². The van der Waals surface area contributed by atoms with Crippen LogP contribution in [0.3, 0.4) is 0 Å². The molecule has 4 aromatic heterocycles. The molecule has 134 valence electrons. The maximum Gasteiger partial charge on any atom is 0.179 e. The topological polar surface area (TPSA) is 81.6 Å². The molecule has 1 N–H and O–H groups in total. The highest BCUT2D eigenvalue weighted by Crippen LogP contribution is 2.26. The molecule has 5 aromatic rings. The van der Waals surface area contributed by atoms with Crippen LogP contribution in [0.25, 0.3) is 32.5 Å². The van der Waals surface area contributed by atoms with E-state index in [-0.39, 0.29) is 6.61 Å². The Labute approximate surface area is 158 Å². The van der Waals surface area contributed by atoms with Gasteiger partial charge in [0.05, 0.1) is 31.6 Å². The first kappa shape index (κ1) is 16.1. The molecule has 0 saturated carbocycles. The van der Waals surface area contributed by atoms with Crippen LogP contribution in [-0.4, -0.2) is 41.5 Å². The molecular formula is C19H16N6OS. The predicted octanol–water partition coefficient (Wildman–Crippen LogP) is 2.95. The summed E-state index contributed by atoms with van der Waals surface area (Å²) in [5.74, 6) is 0. The Morgan fingerprint density at radius 2 is 2.04 bits per heavy atom. The fourth-order valence-electron chi connectivity index (χ4n) is 3.10. The molecule has 8 heteroatoms. The maximum absolute atomic E-state index is 9.05. The number of pyridine rings is 1. The van der Waals surface area contributed by atoms with Crippen molar-refractivity contribution >= 4 is 32.6 Å². The van der Waals surface area contributed by atoms with Gasteiger partial charge in [-0.25, -0.2) is 9.67 Å². The number of aromatic nitrogens is 6. The lowest BCUT2D eigenvalue weighted by atomic mass is 10.2. The minimum atomic E-state index is 0.0550. The van der Waals surface area contributed by atoms with Gasteiger partial charge in [0.25, 0.3) is 0 Å². The maximum atomic E-state index is 9.05. The van der Waals surface area contributed by atoms with Crippen LogP contribution in [-0.2, 0) is 13.1 Å². The zero-order chi connectivity index (χ0) is 18.2. The molecule has 5 rings (SSSR count). The predicted molar refractivity (Wildman–Crippen MR) is 105 cm³/mol. The van der Waals surface area contributed by atoms with Crippen molar-refractivity contribution in [2.45, 2.75) is 13.1 Å². The van der Waals surface area contributed by atoms with Gasteiger partial charge in [0.2, 0.25) is 0 Å². The van der Waals surface area contributed by atoms with Crippen molar-refractivity contribution in [1.29, 1.82) is 0 Å². The number of nitrogens with zero attached hydrogens (tertiary/aromatic N) is 6. The fraction of sp³-hybridized carbons (Fsp3) is 0.158. The molecule has 0 bridgehead atoms. The van der Waals surface area contributed by atoms with Crippen LogP contribution in [0.1, 0.15) is 4.88 Å². The van der Waals surface area contributed by atoms with E-state index in [4.69, 9.17) is 10.1 Å². The summed E-state index contributed by atoms with van der Waals surface area (Å²) in [6.07, 6.45) is 3.63. The van der Waals surface area contributed by atoms with E-state index < -0.39 is 0 Å². The molecular weight excluding hydrogens is 360 g/mol. The molecule has 0 spiro atoms. The number of aliphatic hydroxyl groups excluding tert-OH is 1. The molecule has 0 atom stereocenters. The van der Waals surface area contributed by atoms with Crippen LogP contribution in [0, 0.1) is 0 Å². The van der Waals surface area contributed by atoms with Gasteiger partial charge in [0.1, 0.15) is 5.52 Å². The highest BCUT2D eigenvalue weighted by Gasteiger charge is 2.11. The minimum Gasteiger partial charge on any atom is -0.394 e. The van der Waals surface area contributed by atoms with Gasteiger partial charge in [0, 0.05) is 21.3 Å². The Balaban J connectivity index is 1.50. The average molecular weight is 376 g/mol. The molecule has 0 radical (unpaired) electrons. The summed E-state index contributed by atoms with van der Waals surface area (Å²) in [5, 5.41) is 23.1. The number of thiophene rings is 1. The van der Waals surface area contributed by atoms with Gasteiger partial charge < -0.3 is 5.11 Å². The molecule has 7 nitrogen and oxygen atoms in total. The third kappa shape index (κ3) is 2.98. The van der Waals surface area contributed by atoms with Crippen LogP contribution in [0.2, 0.25) is 0 Å². The molecule has 0 fully saturated rings. The molecule has 27 heavy (non-hydrogen) atoms. The van der Waals surface area contributed by atoms with E-state index in [1.165, 1.54) is 15.0 Å². The molecule has 0 amide bonds. The summed E-state index contributed by atoms with van der Waals surface area (Å²) < 4.78 is 4.80. The van der Waals surface area contributed by atoms with E-state index in [9.17, 15) is 0 Å². The van der Waals surface area contributed by atoms with E-state index in [1.54, 1.807) is 22.2 Å². The molecule has 4 heterocycles. The second kappa shape index (κ2) is 6.57.